The molecule has 186 valence electrons. The molecule has 3 aromatic rings. The molecule has 0 bridgehead atoms. The maximum Gasteiger partial charge on any atom is 0.127 e. The molecule has 0 heterocycles. The molecule has 0 nitrogen and oxygen atoms in total. The van der Waals surface area contributed by atoms with Crippen LogP contribution in [0, 0.1) is 45.1 Å². The van der Waals surface area contributed by atoms with Gasteiger partial charge in [0, 0.05) is 0 Å². The van der Waals surface area contributed by atoms with Gasteiger partial charge in [-0.25, -0.2) is 13.2 Å². The SMILES string of the molecule is Cc1cc(C)c(C(C)C)c(F)c1.Cc1ccc(C(C)C)c(F)c1.Cc1ccc(C(C)C)c(F)c1. The van der Waals surface area contributed by atoms with Crippen molar-refractivity contribution in [2.45, 2.75) is 87.0 Å². The lowest BCUT2D eigenvalue weighted by Crippen LogP contribution is -1.97. The molecule has 0 spiro atoms. The highest BCUT2D eigenvalue weighted by Gasteiger charge is 2.09. The fraction of sp³-hybridized carbons (Fsp3) is 0.419. The zero-order valence-electron chi connectivity index (χ0n) is 22.5. The zero-order chi connectivity index (χ0) is 26.2. The van der Waals surface area contributed by atoms with Crippen molar-refractivity contribution >= 4 is 0 Å². The Kier molecular flexibility index (Phi) is 11.6. The summed E-state index contributed by atoms with van der Waals surface area (Å²) in [7, 11) is 0. The standard InChI is InChI=1S/C11H15F.2C10H13F/c1-7(2)11-9(4)5-8(3)6-10(11)12;2*1-7(2)9-5-4-8(3)6-10(9)11/h5-7H,1-4H3;2*4-7H,1-3H3. The second kappa shape index (κ2) is 13.4. The van der Waals surface area contributed by atoms with Gasteiger partial charge in [0.1, 0.15) is 17.5 Å². The largest absolute Gasteiger partial charge is 0.207 e. The van der Waals surface area contributed by atoms with E-state index in [0.717, 1.165) is 38.9 Å². The highest BCUT2D eigenvalue weighted by molar-refractivity contribution is 5.34. The molecule has 0 aliphatic carbocycles. The summed E-state index contributed by atoms with van der Waals surface area (Å²) in [6.07, 6.45) is 0. The van der Waals surface area contributed by atoms with E-state index in [9.17, 15) is 13.2 Å². The van der Waals surface area contributed by atoms with E-state index in [1.807, 2.05) is 99.6 Å². The van der Waals surface area contributed by atoms with Crippen LogP contribution in [0.15, 0.2) is 48.5 Å². The summed E-state index contributed by atoms with van der Waals surface area (Å²) in [5.74, 6) is 0.583. The number of rotatable bonds is 3. The zero-order valence-corrected chi connectivity index (χ0v) is 22.5. The molecular formula is C31H41F3. The maximum absolute atomic E-state index is 13.4. The van der Waals surface area contributed by atoms with Crippen molar-refractivity contribution in [1.29, 1.82) is 0 Å². The predicted molar refractivity (Wildman–Crippen MR) is 140 cm³/mol. The number of aryl methyl sites for hydroxylation is 4. The van der Waals surface area contributed by atoms with Crippen LogP contribution in [0.3, 0.4) is 0 Å². The normalized spacial score (nSPS) is 10.7. The van der Waals surface area contributed by atoms with E-state index in [4.69, 9.17) is 0 Å². The first-order valence-electron chi connectivity index (χ1n) is 12.0. The third kappa shape index (κ3) is 9.00. The van der Waals surface area contributed by atoms with E-state index in [-0.39, 0.29) is 35.2 Å². The second-order valence-electron chi connectivity index (χ2n) is 9.99. The summed E-state index contributed by atoms with van der Waals surface area (Å²) in [6.45, 7) is 19.7. The Balaban J connectivity index is 0.000000255. The van der Waals surface area contributed by atoms with Crippen LogP contribution in [0.4, 0.5) is 13.2 Å². The Morgan fingerprint density at radius 1 is 0.471 bits per heavy atom. The first kappa shape index (κ1) is 29.5. The third-order valence-corrected chi connectivity index (χ3v) is 5.61. The topological polar surface area (TPSA) is 0 Å². The summed E-state index contributed by atoms with van der Waals surface area (Å²) in [5.41, 5.74) is 6.46. The lowest BCUT2D eigenvalue weighted by atomic mass is 9.96. The van der Waals surface area contributed by atoms with Gasteiger partial charge in [-0.2, -0.15) is 0 Å². The molecule has 34 heavy (non-hydrogen) atoms. The first-order valence-corrected chi connectivity index (χ1v) is 12.0. The van der Waals surface area contributed by atoms with Crippen LogP contribution in [-0.4, -0.2) is 0 Å². The van der Waals surface area contributed by atoms with E-state index >= 15 is 0 Å². The van der Waals surface area contributed by atoms with Gasteiger partial charge in [-0.15, -0.1) is 0 Å². The van der Waals surface area contributed by atoms with Gasteiger partial charge in [0.05, 0.1) is 0 Å². The Bertz CT molecular complexity index is 984. The molecule has 0 fully saturated rings. The van der Waals surface area contributed by atoms with E-state index in [1.165, 1.54) is 0 Å². The smallest absolute Gasteiger partial charge is 0.127 e. The molecule has 0 aromatic heterocycles. The van der Waals surface area contributed by atoms with Crippen LogP contribution in [0.1, 0.15) is 98.2 Å². The van der Waals surface area contributed by atoms with Crippen LogP contribution >= 0.6 is 0 Å². The fourth-order valence-electron chi connectivity index (χ4n) is 3.86. The molecule has 0 saturated heterocycles. The van der Waals surface area contributed by atoms with Gasteiger partial charge < -0.3 is 0 Å². The molecular weight excluding hydrogens is 429 g/mol. The first-order chi connectivity index (χ1) is 15.7. The molecule has 0 radical (unpaired) electrons. The monoisotopic (exact) mass is 470 g/mol. The Hall–Kier alpha value is -2.55. The molecule has 3 rings (SSSR count). The predicted octanol–water partition coefficient (Wildman–Crippen LogP) is 10.1. The lowest BCUT2D eigenvalue weighted by molar-refractivity contribution is 0.594. The van der Waals surface area contributed by atoms with Gasteiger partial charge >= 0.3 is 0 Å². The molecule has 3 heteroatoms. The third-order valence-electron chi connectivity index (χ3n) is 5.61. The van der Waals surface area contributed by atoms with Gasteiger partial charge in [-0.3, -0.25) is 0 Å². The quantitative estimate of drug-likeness (QED) is 0.357. The number of hydrogen-bond acceptors (Lipinski definition) is 0. The fourth-order valence-corrected chi connectivity index (χ4v) is 3.86. The van der Waals surface area contributed by atoms with Crippen LogP contribution in [0.2, 0.25) is 0 Å². The van der Waals surface area contributed by atoms with Gasteiger partial charge in [0.25, 0.3) is 0 Å². The average molecular weight is 471 g/mol. The van der Waals surface area contributed by atoms with E-state index in [2.05, 4.69) is 0 Å². The van der Waals surface area contributed by atoms with Crippen molar-refractivity contribution < 1.29 is 13.2 Å². The minimum absolute atomic E-state index is 0.0671. The number of hydrogen-bond donors (Lipinski definition) is 0. The van der Waals surface area contributed by atoms with Gasteiger partial charge in [-0.1, -0.05) is 71.9 Å². The average Bonchev–Trinajstić information content (AvgIpc) is 2.67. The van der Waals surface area contributed by atoms with Crippen molar-refractivity contribution in [2.24, 2.45) is 0 Å². The molecule has 0 N–H and O–H groups in total. The van der Waals surface area contributed by atoms with Crippen LogP contribution < -0.4 is 0 Å². The summed E-state index contributed by atoms with van der Waals surface area (Å²) in [6, 6.07) is 14.4. The van der Waals surface area contributed by atoms with Gasteiger partial charge in [-0.05, 0) is 103 Å². The number of benzene rings is 3. The van der Waals surface area contributed by atoms with Gasteiger partial charge in [0.2, 0.25) is 0 Å². The Labute approximate surface area is 205 Å². The highest BCUT2D eigenvalue weighted by atomic mass is 19.1. The maximum atomic E-state index is 13.4. The van der Waals surface area contributed by atoms with Crippen LogP contribution in [0.25, 0.3) is 0 Å². The Morgan fingerprint density at radius 3 is 1.15 bits per heavy atom. The van der Waals surface area contributed by atoms with Crippen molar-refractivity contribution in [1.82, 2.24) is 0 Å². The lowest BCUT2D eigenvalue weighted by Gasteiger charge is -2.11. The molecule has 0 atom stereocenters. The van der Waals surface area contributed by atoms with E-state index < -0.39 is 0 Å². The minimum Gasteiger partial charge on any atom is -0.207 e. The molecule has 0 amide bonds. The summed E-state index contributed by atoms with van der Waals surface area (Å²) in [5, 5.41) is 0. The molecule has 3 aromatic carbocycles. The van der Waals surface area contributed by atoms with E-state index in [1.54, 1.807) is 18.2 Å². The van der Waals surface area contributed by atoms with Crippen molar-refractivity contribution in [3.8, 4) is 0 Å². The van der Waals surface area contributed by atoms with Crippen molar-refractivity contribution in [3.05, 3.63) is 105 Å². The number of halogens is 3. The summed E-state index contributed by atoms with van der Waals surface area (Å²) >= 11 is 0. The van der Waals surface area contributed by atoms with Crippen LogP contribution in [-0.2, 0) is 0 Å². The summed E-state index contributed by atoms with van der Waals surface area (Å²) < 4.78 is 39.6. The second-order valence-corrected chi connectivity index (χ2v) is 9.99. The molecule has 0 aliphatic heterocycles. The highest BCUT2D eigenvalue weighted by Crippen LogP contribution is 2.23. The Morgan fingerprint density at radius 2 is 0.853 bits per heavy atom. The molecule has 0 saturated carbocycles. The van der Waals surface area contributed by atoms with E-state index in [0.29, 0.717) is 0 Å². The minimum atomic E-state index is -0.0833. The van der Waals surface area contributed by atoms with Gasteiger partial charge in [0.15, 0.2) is 0 Å². The van der Waals surface area contributed by atoms with Crippen molar-refractivity contribution in [3.63, 3.8) is 0 Å². The summed E-state index contributed by atoms with van der Waals surface area (Å²) in [4.78, 5) is 0. The molecule has 0 aliphatic rings. The van der Waals surface area contributed by atoms with Crippen LogP contribution in [0.5, 0.6) is 0 Å². The van der Waals surface area contributed by atoms with Crippen molar-refractivity contribution in [2.75, 3.05) is 0 Å². The molecule has 0 unspecified atom stereocenters.